The van der Waals surface area contributed by atoms with Gasteiger partial charge in [-0.15, -0.1) is 0 Å². The SMILES string of the molecule is NCCc1ncc(N2CCOCC2)cn1. The van der Waals surface area contributed by atoms with E-state index in [1.807, 2.05) is 12.4 Å². The van der Waals surface area contributed by atoms with Crippen LogP contribution in [0.1, 0.15) is 5.82 Å². The van der Waals surface area contributed by atoms with E-state index in [9.17, 15) is 0 Å². The lowest BCUT2D eigenvalue weighted by Crippen LogP contribution is -2.36. The van der Waals surface area contributed by atoms with E-state index in [2.05, 4.69) is 14.9 Å². The second-order valence-electron chi connectivity index (χ2n) is 3.50. The Kier molecular flexibility index (Phi) is 3.47. The van der Waals surface area contributed by atoms with Gasteiger partial charge in [-0.25, -0.2) is 9.97 Å². The van der Waals surface area contributed by atoms with E-state index in [0.717, 1.165) is 44.2 Å². The molecule has 0 atom stereocenters. The highest BCUT2D eigenvalue weighted by Gasteiger charge is 2.11. The van der Waals surface area contributed by atoms with Crippen molar-refractivity contribution in [3.05, 3.63) is 18.2 Å². The summed E-state index contributed by atoms with van der Waals surface area (Å²) in [7, 11) is 0. The summed E-state index contributed by atoms with van der Waals surface area (Å²) in [5, 5.41) is 0. The number of nitrogens with two attached hydrogens (primary N) is 1. The Labute approximate surface area is 89.3 Å². The van der Waals surface area contributed by atoms with Crippen molar-refractivity contribution in [1.82, 2.24) is 9.97 Å². The molecule has 82 valence electrons. The van der Waals surface area contributed by atoms with Gasteiger partial charge in [0.05, 0.1) is 31.3 Å². The van der Waals surface area contributed by atoms with Crippen molar-refractivity contribution >= 4 is 5.69 Å². The van der Waals surface area contributed by atoms with E-state index < -0.39 is 0 Å². The molecule has 0 saturated carbocycles. The van der Waals surface area contributed by atoms with Gasteiger partial charge < -0.3 is 15.4 Å². The van der Waals surface area contributed by atoms with Crippen LogP contribution in [0.15, 0.2) is 12.4 Å². The van der Waals surface area contributed by atoms with Crippen LogP contribution in [0.4, 0.5) is 5.69 Å². The number of hydrogen-bond donors (Lipinski definition) is 1. The fourth-order valence-corrected chi connectivity index (χ4v) is 1.59. The summed E-state index contributed by atoms with van der Waals surface area (Å²) in [5.74, 6) is 0.814. The lowest BCUT2D eigenvalue weighted by molar-refractivity contribution is 0.122. The van der Waals surface area contributed by atoms with E-state index >= 15 is 0 Å². The maximum Gasteiger partial charge on any atom is 0.129 e. The number of hydrogen-bond acceptors (Lipinski definition) is 5. The zero-order valence-electron chi connectivity index (χ0n) is 8.72. The molecule has 1 saturated heterocycles. The summed E-state index contributed by atoms with van der Waals surface area (Å²) >= 11 is 0. The Morgan fingerprint density at radius 1 is 1.27 bits per heavy atom. The largest absolute Gasteiger partial charge is 0.378 e. The van der Waals surface area contributed by atoms with Crippen molar-refractivity contribution < 1.29 is 4.74 Å². The van der Waals surface area contributed by atoms with Crippen LogP contribution in [-0.2, 0) is 11.2 Å². The van der Waals surface area contributed by atoms with Gasteiger partial charge in [0, 0.05) is 19.5 Å². The van der Waals surface area contributed by atoms with Crippen molar-refractivity contribution in [3.8, 4) is 0 Å². The Morgan fingerprint density at radius 3 is 2.53 bits per heavy atom. The molecule has 1 aromatic rings. The van der Waals surface area contributed by atoms with E-state index in [1.54, 1.807) is 0 Å². The van der Waals surface area contributed by atoms with Crippen LogP contribution >= 0.6 is 0 Å². The molecule has 2 heterocycles. The molecule has 2 rings (SSSR count). The van der Waals surface area contributed by atoms with Gasteiger partial charge in [0.2, 0.25) is 0 Å². The highest BCUT2D eigenvalue weighted by Crippen LogP contribution is 2.12. The molecule has 1 aromatic heterocycles. The summed E-state index contributed by atoms with van der Waals surface area (Å²) in [4.78, 5) is 10.8. The minimum Gasteiger partial charge on any atom is -0.378 e. The van der Waals surface area contributed by atoms with Gasteiger partial charge in [0.25, 0.3) is 0 Å². The van der Waals surface area contributed by atoms with Crippen molar-refractivity contribution in [2.45, 2.75) is 6.42 Å². The molecule has 1 fully saturated rings. The molecular formula is C10H16N4O. The second-order valence-corrected chi connectivity index (χ2v) is 3.50. The molecule has 5 nitrogen and oxygen atoms in total. The van der Waals surface area contributed by atoms with Crippen molar-refractivity contribution in [1.29, 1.82) is 0 Å². The number of anilines is 1. The lowest BCUT2D eigenvalue weighted by atomic mass is 10.3. The van der Waals surface area contributed by atoms with Crippen molar-refractivity contribution in [2.75, 3.05) is 37.7 Å². The highest BCUT2D eigenvalue weighted by molar-refractivity contribution is 5.42. The van der Waals surface area contributed by atoms with E-state index in [4.69, 9.17) is 10.5 Å². The van der Waals surface area contributed by atoms with Crippen LogP contribution in [0.5, 0.6) is 0 Å². The molecule has 0 radical (unpaired) electrons. The van der Waals surface area contributed by atoms with Crippen LogP contribution < -0.4 is 10.6 Å². The number of rotatable bonds is 3. The van der Waals surface area contributed by atoms with Crippen LogP contribution in [0.3, 0.4) is 0 Å². The predicted molar refractivity (Wildman–Crippen MR) is 57.8 cm³/mol. The molecule has 5 heteroatoms. The maximum atomic E-state index is 5.43. The Hall–Kier alpha value is -1.20. The molecule has 0 unspecified atom stereocenters. The van der Waals surface area contributed by atoms with E-state index in [0.29, 0.717) is 6.54 Å². The van der Waals surface area contributed by atoms with E-state index in [-0.39, 0.29) is 0 Å². The van der Waals surface area contributed by atoms with Gasteiger partial charge in [0.1, 0.15) is 5.82 Å². The number of morpholine rings is 1. The molecule has 0 bridgehead atoms. The minimum absolute atomic E-state index is 0.594. The van der Waals surface area contributed by atoms with Crippen LogP contribution in [0.2, 0.25) is 0 Å². The standard InChI is InChI=1S/C10H16N4O/c11-2-1-10-12-7-9(8-13-10)14-3-5-15-6-4-14/h7-8H,1-6,11H2. The maximum absolute atomic E-state index is 5.43. The molecule has 2 N–H and O–H groups in total. The Bertz CT molecular complexity index is 295. The van der Waals surface area contributed by atoms with Crippen molar-refractivity contribution in [2.24, 2.45) is 5.73 Å². The third-order valence-electron chi connectivity index (χ3n) is 2.44. The topological polar surface area (TPSA) is 64.3 Å². The van der Waals surface area contributed by atoms with Gasteiger partial charge in [-0.1, -0.05) is 0 Å². The third-order valence-corrected chi connectivity index (χ3v) is 2.44. The first-order valence-corrected chi connectivity index (χ1v) is 5.24. The van der Waals surface area contributed by atoms with E-state index in [1.165, 1.54) is 0 Å². The Balaban J connectivity index is 2.02. The first-order valence-electron chi connectivity index (χ1n) is 5.24. The van der Waals surface area contributed by atoms with Crippen LogP contribution in [0.25, 0.3) is 0 Å². The monoisotopic (exact) mass is 208 g/mol. The number of nitrogens with zero attached hydrogens (tertiary/aromatic N) is 3. The minimum atomic E-state index is 0.594. The number of ether oxygens (including phenoxy) is 1. The van der Waals surface area contributed by atoms with Gasteiger partial charge in [0.15, 0.2) is 0 Å². The molecule has 1 aliphatic rings. The molecule has 0 spiro atoms. The zero-order valence-corrected chi connectivity index (χ0v) is 8.72. The highest BCUT2D eigenvalue weighted by atomic mass is 16.5. The fourth-order valence-electron chi connectivity index (χ4n) is 1.59. The summed E-state index contributed by atoms with van der Waals surface area (Å²) in [6.45, 7) is 3.99. The molecule has 15 heavy (non-hydrogen) atoms. The summed E-state index contributed by atoms with van der Waals surface area (Å²) in [6.07, 6.45) is 4.47. The normalized spacial score (nSPS) is 16.7. The Morgan fingerprint density at radius 2 is 1.93 bits per heavy atom. The van der Waals surface area contributed by atoms with Gasteiger partial charge in [-0.2, -0.15) is 0 Å². The van der Waals surface area contributed by atoms with Gasteiger partial charge in [-0.3, -0.25) is 0 Å². The second kappa shape index (κ2) is 5.04. The lowest BCUT2D eigenvalue weighted by Gasteiger charge is -2.28. The first kappa shape index (κ1) is 10.3. The molecular weight excluding hydrogens is 192 g/mol. The predicted octanol–water partition coefficient (Wildman–Crippen LogP) is -0.186. The van der Waals surface area contributed by atoms with Gasteiger partial charge in [-0.05, 0) is 6.54 Å². The van der Waals surface area contributed by atoms with Gasteiger partial charge >= 0.3 is 0 Å². The van der Waals surface area contributed by atoms with Crippen LogP contribution in [0, 0.1) is 0 Å². The summed E-state index contributed by atoms with van der Waals surface area (Å²) < 4.78 is 5.28. The molecule has 1 aliphatic heterocycles. The smallest absolute Gasteiger partial charge is 0.129 e. The number of aromatic nitrogens is 2. The summed E-state index contributed by atoms with van der Waals surface area (Å²) in [6, 6.07) is 0. The first-order chi connectivity index (χ1) is 7.40. The molecule has 0 aromatic carbocycles. The quantitative estimate of drug-likeness (QED) is 0.746. The third kappa shape index (κ3) is 2.64. The molecule has 0 amide bonds. The molecule has 0 aliphatic carbocycles. The average Bonchev–Trinajstić information content (AvgIpc) is 2.32. The average molecular weight is 208 g/mol. The zero-order chi connectivity index (χ0) is 10.5. The van der Waals surface area contributed by atoms with Crippen molar-refractivity contribution in [3.63, 3.8) is 0 Å². The summed E-state index contributed by atoms with van der Waals surface area (Å²) in [5.41, 5.74) is 6.50. The fraction of sp³-hybridized carbons (Fsp3) is 0.600. The van der Waals surface area contributed by atoms with Crippen LogP contribution in [-0.4, -0.2) is 42.8 Å².